The average molecular weight is 543 g/mol. The molecule has 0 aliphatic heterocycles. The van der Waals surface area contributed by atoms with Crippen molar-refractivity contribution < 1.29 is 52.2 Å². The minimum absolute atomic E-state index is 0.196. The molecule has 216 valence electrons. The van der Waals surface area contributed by atoms with E-state index in [-0.39, 0.29) is 19.2 Å². The number of rotatable bonds is 26. The van der Waals surface area contributed by atoms with E-state index in [0.717, 1.165) is 0 Å². The minimum atomic E-state index is -0.416. The summed E-state index contributed by atoms with van der Waals surface area (Å²) in [7, 11) is 0. The van der Waals surface area contributed by atoms with Gasteiger partial charge in [-0.25, -0.2) is 9.59 Å². The van der Waals surface area contributed by atoms with Crippen LogP contribution in [0.15, 0.2) is 42.5 Å². The van der Waals surface area contributed by atoms with E-state index in [0.29, 0.717) is 104 Å². The highest BCUT2D eigenvalue weighted by atomic mass is 16.6. The lowest BCUT2D eigenvalue weighted by Crippen LogP contribution is -2.15. The molecule has 1 rings (SSSR count). The second-order valence-corrected chi connectivity index (χ2v) is 7.70. The zero-order chi connectivity index (χ0) is 27.5. The first kappa shape index (κ1) is 33.6. The molecular formula is C27H42O11. The van der Waals surface area contributed by atoms with Gasteiger partial charge in [0.05, 0.1) is 98.1 Å². The first-order valence-electron chi connectivity index (χ1n) is 12.7. The predicted molar refractivity (Wildman–Crippen MR) is 138 cm³/mol. The number of esters is 2. The molecule has 0 heterocycles. The molecule has 0 N–H and O–H groups in total. The Morgan fingerprint density at radius 1 is 0.526 bits per heavy atom. The van der Waals surface area contributed by atoms with Crippen molar-refractivity contribution in [2.24, 2.45) is 0 Å². The van der Waals surface area contributed by atoms with E-state index < -0.39 is 5.97 Å². The molecule has 0 aliphatic carbocycles. The summed E-state index contributed by atoms with van der Waals surface area (Å²) in [6.07, 6.45) is 0. The Kier molecular flexibility index (Phi) is 22.1. The molecule has 0 amide bonds. The largest absolute Gasteiger partial charge is 0.460 e. The molecule has 0 bridgehead atoms. The van der Waals surface area contributed by atoms with Gasteiger partial charge in [0.15, 0.2) is 0 Å². The molecule has 0 fully saturated rings. The fourth-order valence-corrected chi connectivity index (χ4v) is 2.59. The summed E-state index contributed by atoms with van der Waals surface area (Å²) in [5, 5.41) is 0. The Morgan fingerprint density at radius 3 is 1.18 bits per heavy atom. The summed E-state index contributed by atoms with van der Waals surface area (Å²) < 4.78 is 47.7. The first-order chi connectivity index (χ1) is 18.6. The summed E-state index contributed by atoms with van der Waals surface area (Å²) in [4.78, 5) is 22.9. The summed E-state index contributed by atoms with van der Waals surface area (Å²) in [6.45, 7) is 11.6. The molecule has 0 saturated heterocycles. The fraction of sp³-hybridized carbons (Fsp3) is 0.630. The van der Waals surface area contributed by atoms with Crippen molar-refractivity contribution in [1.29, 1.82) is 0 Å². The zero-order valence-electron chi connectivity index (χ0n) is 22.4. The molecule has 11 heteroatoms. The quantitative estimate of drug-likeness (QED) is 0.0973. The molecule has 0 spiro atoms. The maximum absolute atomic E-state index is 11.7. The van der Waals surface area contributed by atoms with Gasteiger partial charge >= 0.3 is 11.9 Å². The van der Waals surface area contributed by atoms with E-state index in [9.17, 15) is 9.59 Å². The highest BCUT2D eigenvalue weighted by molar-refractivity contribution is 5.89. The van der Waals surface area contributed by atoms with E-state index in [2.05, 4.69) is 6.58 Å². The SMILES string of the molecule is C=C(C)C(=O)OCCOCCOCCOCCOCCOCCOCCOCCOC(=O)c1ccccc1. The minimum Gasteiger partial charge on any atom is -0.460 e. The maximum atomic E-state index is 11.7. The third kappa shape index (κ3) is 20.7. The van der Waals surface area contributed by atoms with Gasteiger partial charge in [-0.3, -0.25) is 0 Å². The fourth-order valence-electron chi connectivity index (χ4n) is 2.59. The molecular weight excluding hydrogens is 500 g/mol. The lowest BCUT2D eigenvalue weighted by Gasteiger charge is -2.09. The number of carbonyl (C=O) groups is 2. The van der Waals surface area contributed by atoms with E-state index in [1.807, 2.05) is 6.07 Å². The van der Waals surface area contributed by atoms with Crippen LogP contribution in [-0.4, -0.2) is 118 Å². The molecule has 1 aromatic carbocycles. The topological polar surface area (TPSA) is 117 Å². The predicted octanol–water partition coefficient (Wildman–Crippen LogP) is 2.08. The van der Waals surface area contributed by atoms with Crippen LogP contribution < -0.4 is 0 Å². The number of hydrogen-bond donors (Lipinski definition) is 0. The van der Waals surface area contributed by atoms with Crippen molar-refractivity contribution in [1.82, 2.24) is 0 Å². The van der Waals surface area contributed by atoms with Crippen LogP contribution in [0, 0.1) is 0 Å². The second-order valence-electron chi connectivity index (χ2n) is 7.70. The number of hydrogen-bond acceptors (Lipinski definition) is 11. The summed E-state index contributed by atoms with van der Waals surface area (Å²) >= 11 is 0. The highest BCUT2D eigenvalue weighted by Gasteiger charge is 2.05. The van der Waals surface area contributed by atoms with Gasteiger partial charge in [0.2, 0.25) is 0 Å². The van der Waals surface area contributed by atoms with Gasteiger partial charge < -0.3 is 42.6 Å². The standard InChI is InChI=1S/C27H42O11/c1-24(2)26(28)37-22-20-35-18-16-33-14-12-31-10-8-30-9-11-32-13-15-34-17-19-36-21-23-38-27(29)25-6-4-3-5-7-25/h3-7H,1,8-23H2,2H3. The molecule has 0 saturated carbocycles. The molecule has 0 aliphatic rings. The summed E-state index contributed by atoms with van der Waals surface area (Å²) in [6, 6.07) is 8.83. The van der Waals surface area contributed by atoms with Crippen LogP contribution in [0.1, 0.15) is 17.3 Å². The summed E-state index contributed by atoms with van der Waals surface area (Å²) in [5.41, 5.74) is 0.889. The van der Waals surface area contributed by atoms with Gasteiger partial charge in [0, 0.05) is 5.57 Å². The Bertz CT molecular complexity index is 727. The second kappa shape index (κ2) is 24.9. The Hall–Kier alpha value is -2.38. The zero-order valence-corrected chi connectivity index (χ0v) is 22.4. The van der Waals surface area contributed by atoms with Crippen molar-refractivity contribution in [3.8, 4) is 0 Å². The van der Waals surface area contributed by atoms with Crippen LogP contribution in [0.5, 0.6) is 0 Å². The Balaban J connectivity index is 1.69. The van der Waals surface area contributed by atoms with Crippen LogP contribution >= 0.6 is 0 Å². The Labute approximate surface area is 225 Å². The van der Waals surface area contributed by atoms with Crippen LogP contribution in [0.2, 0.25) is 0 Å². The molecule has 0 aromatic heterocycles. The number of ether oxygens (including phenoxy) is 9. The van der Waals surface area contributed by atoms with Gasteiger partial charge in [0.1, 0.15) is 13.2 Å². The molecule has 0 atom stereocenters. The average Bonchev–Trinajstić information content (AvgIpc) is 2.93. The molecule has 1 aromatic rings. The highest BCUT2D eigenvalue weighted by Crippen LogP contribution is 2.00. The van der Waals surface area contributed by atoms with Crippen LogP contribution in [0.25, 0.3) is 0 Å². The van der Waals surface area contributed by atoms with Gasteiger partial charge in [0.25, 0.3) is 0 Å². The van der Waals surface area contributed by atoms with Crippen molar-refractivity contribution in [2.75, 3.05) is 106 Å². The molecule has 11 nitrogen and oxygen atoms in total. The first-order valence-corrected chi connectivity index (χ1v) is 12.7. The number of benzene rings is 1. The third-order valence-corrected chi connectivity index (χ3v) is 4.51. The van der Waals surface area contributed by atoms with E-state index in [1.165, 1.54) is 0 Å². The smallest absolute Gasteiger partial charge is 0.338 e. The van der Waals surface area contributed by atoms with Gasteiger partial charge in [-0.05, 0) is 19.1 Å². The van der Waals surface area contributed by atoms with Crippen molar-refractivity contribution in [3.05, 3.63) is 48.0 Å². The lowest BCUT2D eigenvalue weighted by atomic mass is 10.2. The third-order valence-electron chi connectivity index (χ3n) is 4.51. The van der Waals surface area contributed by atoms with Crippen LogP contribution in [-0.2, 0) is 47.4 Å². The van der Waals surface area contributed by atoms with Gasteiger partial charge in [-0.2, -0.15) is 0 Å². The van der Waals surface area contributed by atoms with Crippen molar-refractivity contribution in [3.63, 3.8) is 0 Å². The van der Waals surface area contributed by atoms with E-state index >= 15 is 0 Å². The van der Waals surface area contributed by atoms with Gasteiger partial charge in [-0.15, -0.1) is 0 Å². The molecule has 0 unspecified atom stereocenters. The lowest BCUT2D eigenvalue weighted by molar-refractivity contribution is -0.140. The van der Waals surface area contributed by atoms with E-state index in [1.54, 1.807) is 31.2 Å². The van der Waals surface area contributed by atoms with Gasteiger partial charge in [-0.1, -0.05) is 24.8 Å². The molecule has 0 radical (unpaired) electrons. The Morgan fingerprint density at radius 2 is 0.842 bits per heavy atom. The van der Waals surface area contributed by atoms with Crippen LogP contribution in [0.3, 0.4) is 0 Å². The number of carbonyl (C=O) groups excluding carboxylic acids is 2. The van der Waals surface area contributed by atoms with Crippen LogP contribution in [0.4, 0.5) is 0 Å². The van der Waals surface area contributed by atoms with E-state index in [4.69, 9.17) is 42.6 Å². The normalized spacial score (nSPS) is 10.9. The van der Waals surface area contributed by atoms with Crippen molar-refractivity contribution >= 4 is 11.9 Å². The summed E-state index contributed by atoms with van der Waals surface area (Å²) in [5.74, 6) is -0.776. The van der Waals surface area contributed by atoms with Crippen molar-refractivity contribution in [2.45, 2.75) is 6.92 Å². The maximum Gasteiger partial charge on any atom is 0.338 e. The molecule has 38 heavy (non-hydrogen) atoms. The monoisotopic (exact) mass is 542 g/mol.